The Labute approximate surface area is 138 Å². The molecule has 0 radical (unpaired) electrons. The summed E-state index contributed by atoms with van der Waals surface area (Å²) in [6.45, 7) is 8.70. The second-order valence-corrected chi connectivity index (χ2v) is 6.02. The number of nitriles is 1. The first kappa shape index (κ1) is 17.5. The standard InChI is InChI=1S/C17H26N4O2/c1-4-15-12-20(10-11-23-15)17(22)7-6-16-13(2)19-21(14(16)3)9-5-8-18/h15H,4-7,9-12H2,1-3H3/t15-/m0/s1. The van der Waals surface area contributed by atoms with Gasteiger partial charge in [0.25, 0.3) is 0 Å². The first-order valence-electron chi connectivity index (χ1n) is 8.36. The zero-order valence-corrected chi connectivity index (χ0v) is 14.3. The highest BCUT2D eigenvalue weighted by Gasteiger charge is 2.23. The van der Waals surface area contributed by atoms with Gasteiger partial charge in [-0.3, -0.25) is 9.48 Å². The van der Waals surface area contributed by atoms with Crippen molar-refractivity contribution in [1.82, 2.24) is 14.7 Å². The molecular weight excluding hydrogens is 292 g/mol. The molecule has 6 nitrogen and oxygen atoms in total. The fraction of sp³-hybridized carbons (Fsp3) is 0.706. The molecule has 1 aliphatic heterocycles. The lowest BCUT2D eigenvalue weighted by Crippen LogP contribution is -2.45. The fourth-order valence-electron chi connectivity index (χ4n) is 3.05. The first-order chi connectivity index (χ1) is 11.1. The Bertz CT molecular complexity index is 588. The lowest BCUT2D eigenvalue weighted by Gasteiger charge is -2.32. The lowest BCUT2D eigenvalue weighted by molar-refractivity contribution is -0.138. The summed E-state index contributed by atoms with van der Waals surface area (Å²) >= 11 is 0. The van der Waals surface area contributed by atoms with E-state index < -0.39 is 0 Å². The van der Waals surface area contributed by atoms with Crippen molar-refractivity contribution in [3.05, 3.63) is 17.0 Å². The second kappa shape index (κ2) is 8.11. The van der Waals surface area contributed by atoms with E-state index in [1.54, 1.807) is 0 Å². The van der Waals surface area contributed by atoms with Crippen LogP contribution in [0.1, 0.15) is 43.1 Å². The molecule has 0 bridgehead atoms. The van der Waals surface area contributed by atoms with Gasteiger partial charge in [-0.05, 0) is 32.3 Å². The summed E-state index contributed by atoms with van der Waals surface area (Å²) in [4.78, 5) is 14.4. The molecule has 0 aromatic carbocycles. The van der Waals surface area contributed by atoms with Crippen LogP contribution in [0, 0.1) is 25.2 Å². The van der Waals surface area contributed by atoms with Gasteiger partial charge in [0.2, 0.25) is 5.91 Å². The van der Waals surface area contributed by atoms with Crippen LogP contribution in [0.2, 0.25) is 0 Å². The quantitative estimate of drug-likeness (QED) is 0.804. The van der Waals surface area contributed by atoms with Crippen molar-refractivity contribution in [2.45, 2.75) is 59.1 Å². The van der Waals surface area contributed by atoms with Crippen molar-refractivity contribution in [3.8, 4) is 6.07 Å². The van der Waals surface area contributed by atoms with Gasteiger partial charge in [-0.15, -0.1) is 0 Å². The summed E-state index contributed by atoms with van der Waals surface area (Å²) in [5.41, 5.74) is 3.16. The Kier molecular flexibility index (Phi) is 6.17. The molecule has 1 aliphatic rings. The molecule has 23 heavy (non-hydrogen) atoms. The maximum absolute atomic E-state index is 12.4. The molecule has 1 fully saturated rings. The first-order valence-corrected chi connectivity index (χ1v) is 8.36. The van der Waals surface area contributed by atoms with Gasteiger partial charge in [0, 0.05) is 25.2 Å². The molecule has 0 saturated carbocycles. The Morgan fingerprint density at radius 2 is 2.26 bits per heavy atom. The molecular formula is C17H26N4O2. The number of rotatable bonds is 6. The molecule has 1 aromatic rings. The number of hydrogen-bond donors (Lipinski definition) is 0. The van der Waals surface area contributed by atoms with Crippen LogP contribution >= 0.6 is 0 Å². The average Bonchev–Trinajstić information content (AvgIpc) is 2.84. The molecule has 1 saturated heterocycles. The van der Waals surface area contributed by atoms with Gasteiger partial charge in [0.15, 0.2) is 0 Å². The molecule has 1 amide bonds. The number of carbonyl (C=O) groups is 1. The van der Waals surface area contributed by atoms with Crippen molar-refractivity contribution in [2.24, 2.45) is 0 Å². The van der Waals surface area contributed by atoms with E-state index >= 15 is 0 Å². The van der Waals surface area contributed by atoms with Crippen LogP contribution in [0.5, 0.6) is 0 Å². The van der Waals surface area contributed by atoms with E-state index in [4.69, 9.17) is 10.00 Å². The SMILES string of the molecule is CC[C@H]1CN(C(=O)CCc2c(C)nn(CCC#N)c2C)CCO1. The van der Waals surface area contributed by atoms with Crippen molar-refractivity contribution in [2.75, 3.05) is 19.7 Å². The monoisotopic (exact) mass is 318 g/mol. The highest BCUT2D eigenvalue weighted by atomic mass is 16.5. The van der Waals surface area contributed by atoms with Gasteiger partial charge in [-0.25, -0.2) is 0 Å². The Balaban J connectivity index is 1.94. The topological polar surface area (TPSA) is 71.2 Å². The van der Waals surface area contributed by atoms with Gasteiger partial charge < -0.3 is 9.64 Å². The van der Waals surface area contributed by atoms with E-state index in [9.17, 15) is 4.79 Å². The summed E-state index contributed by atoms with van der Waals surface area (Å²) in [7, 11) is 0. The van der Waals surface area contributed by atoms with Gasteiger partial charge in [0.1, 0.15) is 0 Å². The zero-order valence-electron chi connectivity index (χ0n) is 14.3. The highest BCUT2D eigenvalue weighted by Crippen LogP contribution is 2.17. The van der Waals surface area contributed by atoms with E-state index in [-0.39, 0.29) is 12.0 Å². The van der Waals surface area contributed by atoms with E-state index in [1.807, 2.05) is 23.4 Å². The normalized spacial score (nSPS) is 18.0. The molecule has 1 atom stereocenters. The second-order valence-electron chi connectivity index (χ2n) is 6.02. The zero-order chi connectivity index (χ0) is 16.8. The number of nitrogens with zero attached hydrogens (tertiary/aromatic N) is 4. The maximum Gasteiger partial charge on any atom is 0.223 e. The minimum atomic E-state index is 0.171. The Morgan fingerprint density at radius 1 is 1.48 bits per heavy atom. The van der Waals surface area contributed by atoms with E-state index in [2.05, 4.69) is 18.1 Å². The third-order valence-corrected chi connectivity index (χ3v) is 4.50. The molecule has 1 aromatic heterocycles. The largest absolute Gasteiger partial charge is 0.375 e. The van der Waals surface area contributed by atoms with Crippen LogP contribution < -0.4 is 0 Å². The molecule has 0 unspecified atom stereocenters. The van der Waals surface area contributed by atoms with Crippen LogP contribution in [0.4, 0.5) is 0 Å². The van der Waals surface area contributed by atoms with Crippen molar-refractivity contribution < 1.29 is 9.53 Å². The van der Waals surface area contributed by atoms with E-state index in [1.165, 1.54) is 0 Å². The number of ether oxygens (including phenoxy) is 1. The average molecular weight is 318 g/mol. The minimum absolute atomic E-state index is 0.171. The van der Waals surface area contributed by atoms with E-state index in [0.717, 1.165) is 23.4 Å². The van der Waals surface area contributed by atoms with Crippen LogP contribution in [0.3, 0.4) is 0 Å². The number of aryl methyl sites for hydroxylation is 2. The smallest absolute Gasteiger partial charge is 0.223 e. The molecule has 2 heterocycles. The predicted octanol–water partition coefficient (Wildman–Crippen LogP) is 1.98. The third kappa shape index (κ3) is 4.32. The number of morpholine rings is 1. The molecule has 126 valence electrons. The number of hydrogen-bond acceptors (Lipinski definition) is 4. The number of amides is 1. The fourth-order valence-corrected chi connectivity index (χ4v) is 3.05. The molecule has 0 spiro atoms. The summed E-state index contributed by atoms with van der Waals surface area (Å²) in [6, 6.07) is 2.14. The molecule has 2 rings (SSSR count). The highest BCUT2D eigenvalue weighted by molar-refractivity contribution is 5.76. The van der Waals surface area contributed by atoms with Crippen molar-refractivity contribution >= 4 is 5.91 Å². The summed E-state index contributed by atoms with van der Waals surface area (Å²) in [6.07, 6.45) is 2.77. The maximum atomic E-state index is 12.4. The minimum Gasteiger partial charge on any atom is -0.375 e. The summed E-state index contributed by atoms with van der Waals surface area (Å²) in [5, 5.41) is 13.2. The molecule has 0 N–H and O–H groups in total. The molecule has 6 heteroatoms. The van der Waals surface area contributed by atoms with Crippen molar-refractivity contribution in [3.63, 3.8) is 0 Å². The van der Waals surface area contributed by atoms with Crippen LogP contribution in [0.15, 0.2) is 0 Å². The van der Waals surface area contributed by atoms with Crippen LogP contribution in [-0.2, 0) is 22.5 Å². The lowest BCUT2D eigenvalue weighted by atomic mass is 10.1. The van der Waals surface area contributed by atoms with E-state index in [0.29, 0.717) is 45.5 Å². The third-order valence-electron chi connectivity index (χ3n) is 4.50. The molecule has 0 aliphatic carbocycles. The Hall–Kier alpha value is -1.87. The van der Waals surface area contributed by atoms with Crippen LogP contribution in [0.25, 0.3) is 0 Å². The van der Waals surface area contributed by atoms with Crippen LogP contribution in [-0.4, -0.2) is 46.4 Å². The van der Waals surface area contributed by atoms with Gasteiger partial charge in [-0.1, -0.05) is 6.92 Å². The van der Waals surface area contributed by atoms with Gasteiger partial charge in [0.05, 0.1) is 37.4 Å². The Morgan fingerprint density at radius 3 is 2.96 bits per heavy atom. The van der Waals surface area contributed by atoms with Crippen molar-refractivity contribution in [1.29, 1.82) is 5.26 Å². The summed E-state index contributed by atoms with van der Waals surface area (Å²) < 4.78 is 7.49. The van der Waals surface area contributed by atoms with Gasteiger partial charge in [-0.2, -0.15) is 10.4 Å². The predicted molar refractivity (Wildman–Crippen MR) is 86.9 cm³/mol. The number of carbonyl (C=O) groups excluding carboxylic acids is 1. The number of aromatic nitrogens is 2. The summed E-state index contributed by atoms with van der Waals surface area (Å²) in [5.74, 6) is 0.190. The van der Waals surface area contributed by atoms with Gasteiger partial charge >= 0.3 is 0 Å².